The van der Waals surface area contributed by atoms with Crippen LogP contribution in [0.25, 0.3) is 0 Å². The molecule has 0 amide bonds. The maximum atomic E-state index is 12.6. The molecule has 0 aliphatic heterocycles. The zero-order chi connectivity index (χ0) is 16.4. The molecule has 1 N–H and O–H groups in total. The summed E-state index contributed by atoms with van der Waals surface area (Å²) in [6.45, 7) is 7.83. The fourth-order valence-electron chi connectivity index (χ4n) is 3.13. The standard InChI is InChI=1S/C19H28O3/c1-14(2)19(21)12-8-11-16(13-19)22-17(20)18(3,4)15-9-6-5-7-10-15/h5-7,9-10,14,16,21H,8,11-13H2,1-4H3/t16-,19-/m1/s1. The highest BCUT2D eigenvalue weighted by molar-refractivity contribution is 5.82. The lowest BCUT2D eigenvalue weighted by Crippen LogP contribution is -2.44. The Morgan fingerprint density at radius 2 is 1.95 bits per heavy atom. The summed E-state index contributed by atoms with van der Waals surface area (Å²) >= 11 is 0. The molecule has 1 fully saturated rings. The molecule has 0 unspecified atom stereocenters. The fourth-order valence-corrected chi connectivity index (χ4v) is 3.13. The minimum absolute atomic E-state index is 0.177. The normalized spacial score (nSPS) is 26.0. The van der Waals surface area contributed by atoms with Gasteiger partial charge in [0.15, 0.2) is 0 Å². The highest BCUT2D eigenvalue weighted by Crippen LogP contribution is 2.36. The van der Waals surface area contributed by atoms with Crippen LogP contribution in [-0.4, -0.2) is 22.8 Å². The number of hydrogen-bond acceptors (Lipinski definition) is 3. The molecule has 1 saturated carbocycles. The van der Waals surface area contributed by atoms with Crippen molar-refractivity contribution in [3.8, 4) is 0 Å². The number of aliphatic hydroxyl groups is 1. The van der Waals surface area contributed by atoms with E-state index in [-0.39, 0.29) is 18.0 Å². The van der Waals surface area contributed by atoms with Crippen molar-refractivity contribution in [1.29, 1.82) is 0 Å². The Bertz CT molecular complexity index is 507. The van der Waals surface area contributed by atoms with Crippen LogP contribution in [0.1, 0.15) is 58.9 Å². The highest BCUT2D eigenvalue weighted by atomic mass is 16.5. The molecule has 2 atom stereocenters. The third-order valence-electron chi connectivity index (χ3n) is 5.07. The van der Waals surface area contributed by atoms with Gasteiger partial charge in [0, 0.05) is 6.42 Å². The van der Waals surface area contributed by atoms with Gasteiger partial charge in [0.25, 0.3) is 0 Å². The van der Waals surface area contributed by atoms with Gasteiger partial charge in [-0.05, 0) is 44.6 Å². The van der Waals surface area contributed by atoms with Gasteiger partial charge in [0.1, 0.15) is 6.10 Å². The van der Waals surface area contributed by atoms with Crippen LogP contribution in [0.15, 0.2) is 30.3 Å². The summed E-state index contributed by atoms with van der Waals surface area (Å²) in [6.07, 6.45) is 2.89. The highest BCUT2D eigenvalue weighted by Gasteiger charge is 2.40. The summed E-state index contributed by atoms with van der Waals surface area (Å²) in [6, 6.07) is 9.71. The first-order valence-electron chi connectivity index (χ1n) is 8.25. The second kappa shape index (κ2) is 6.41. The van der Waals surface area contributed by atoms with Crippen molar-refractivity contribution in [2.24, 2.45) is 5.92 Å². The van der Waals surface area contributed by atoms with E-state index >= 15 is 0 Å². The molecule has 0 bridgehead atoms. The zero-order valence-corrected chi connectivity index (χ0v) is 14.1. The van der Waals surface area contributed by atoms with Gasteiger partial charge in [0.2, 0.25) is 0 Å². The number of esters is 1. The number of carbonyl (C=O) groups is 1. The molecular formula is C19H28O3. The SMILES string of the molecule is CC(C)[C@@]1(O)CCC[C@@H](OC(=O)C(C)(C)c2ccccc2)C1. The van der Waals surface area contributed by atoms with Crippen molar-refractivity contribution < 1.29 is 14.6 Å². The summed E-state index contributed by atoms with van der Waals surface area (Å²) in [7, 11) is 0. The van der Waals surface area contributed by atoms with E-state index in [2.05, 4.69) is 0 Å². The average Bonchev–Trinajstić information content (AvgIpc) is 2.48. The molecule has 3 nitrogen and oxygen atoms in total. The molecule has 1 aliphatic rings. The van der Waals surface area contributed by atoms with E-state index < -0.39 is 11.0 Å². The van der Waals surface area contributed by atoms with Crippen molar-refractivity contribution in [3.05, 3.63) is 35.9 Å². The largest absolute Gasteiger partial charge is 0.462 e. The molecule has 0 radical (unpaired) electrons. The first-order chi connectivity index (χ1) is 10.3. The molecule has 2 rings (SSSR count). The van der Waals surface area contributed by atoms with Gasteiger partial charge in [-0.2, -0.15) is 0 Å². The predicted molar refractivity (Wildman–Crippen MR) is 87.6 cm³/mol. The van der Waals surface area contributed by atoms with E-state index in [1.165, 1.54) is 0 Å². The number of ether oxygens (including phenoxy) is 1. The molecule has 22 heavy (non-hydrogen) atoms. The Kier molecular flexibility index (Phi) is 4.96. The third kappa shape index (κ3) is 3.52. The van der Waals surface area contributed by atoms with Crippen LogP contribution in [-0.2, 0) is 14.9 Å². The number of benzene rings is 1. The van der Waals surface area contributed by atoms with Crippen molar-refractivity contribution >= 4 is 5.97 Å². The van der Waals surface area contributed by atoms with Gasteiger partial charge in [0.05, 0.1) is 11.0 Å². The second-order valence-corrected chi connectivity index (χ2v) is 7.37. The molecule has 1 aliphatic carbocycles. The van der Waals surface area contributed by atoms with E-state index in [9.17, 15) is 9.90 Å². The van der Waals surface area contributed by atoms with Crippen molar-refractivity contribution in [2.75, 3.05) is 0 Å². The van der Waals surface area contributed by atoms with E-state index in [4.69, 9.17) is 4.74 Å². The molecule has 1 aromatic carbocycles. The summed E-state index contributed by atoms with van der Waals surface area (Å²) in [5, 5.41) is 10.7. The van der Waals surface area contributed by atoms with E-state index in [1.54, 1.807) is 0 Å². The van der Waals surface area contributed by atoms with Crippen LogP contribution in [0.3, 0.4) is 0 Å². The minimum atomic E-state index is -0.708. The molecule has 3 heteroatoms. The quantitative estimate of drug-likeness (QED) is 0.860. The maximum absolute atomic E-state index is 12.6. The van der Waals surface area contributed by atoms with E-state index in [1.807, 2.05) is 58.0 Å². The number of hydrogen-bond donors (Lipinski definition) is 1. The van der Waals surface area contributed by atoms with Gasteiger partial charge in [-0.1, -0.05) is 44.2 Å². The zero-order valence-electron chi connectivity index (χ0n) is 14.1. The Labute approximate surface area is 133 Å². The van der Waals surface area contributed by atoms with Crippen LogP contribution < -0.4 is 0 Å². The van der Waals surface area contributed by atoms with Crippen molar-refractivity contribution in [1.82, 2.24) is 0 Å². The van der Waals surface area contributed by atoms with E-state index in [0.29, 0.717) is 6.42 Å². The first kappa shape index (κ1) is 17.0. The molecule has 0 aromatic heterocycles. The minimum Gasteiger partial charge on any atom is -0.462 e. The third-order valence-corrected chi connectivity index (χ3v) is 5.07. The van der Waals surface area contributed by atoms with Gasteiger partial charge in [-0.3, -0.25) is 4.79 Å². The lowest BCUT2D eigenvalue weighted by atomic mass is 9.76. The van der Waals surface area contributed by atoms with Gasteiger partial charge in [-0.15, -0.1) is 0 Å². The van der Waals surface area contributed by atoms with E-state index in [0.717, 1.165) is 24.8 Å². The Morgan fingerprint density at radius 1 is 1.32 bits per heavy atom. The van der Waals surface area contributed by atoms with Crippen LogP contribution in [0.5, 0.6) is 0 Å². The lowest BCUT2D eigenvalue weighted by Gasteiger charge is -2.40. The second-order valence-electron chi connectivity index (χ2n) is 7.37. The molecule has 122 valence electrons. The topological polar surface area (TPSA) is 46.5 Å². The Morgan fingerprint density at radius 3 is 2.55 bits per heavy atom. The smallest absolute Gasteiger partial charge is 0.316 e. The predicted octanol–water partition coefficient (Wildman–Crippen LogP) is 3.84. The average molecular weight is 304 g/mol. The van der Waals surface area contributed by atoms with Gasteiger partial charge in [-0.25, -0.2) is 0 Å². The molecule has 0 heterocycles. The Balaban J connectivity index is 2.05. The lowest BCUT2D eigenvalue weighted by molar-refractivity contribution is -0.163. The summed E-state index contributed by atoms with van der Waals surface area (Å²) in [5.41, 5.74) is -0.427. The van der Waals surface area contributed by atoms with Crippen LogP contribution >= 0.6 is 0 Å². The summed E-state index contributed by atoms with van der Waals surface area (Å²) < 4.78 is 5.76. The maximum Gasteiger partial charge on any atom is 0.316 e. The summed E-state index contributed by atoms with van der Waals surface area (Å²) in [4.78, 5) is 12.6. The fraction of sp³-hybridized carbons (Fsp3) is 0.632. The number of rotatable bonds is 4. The molecule has 1 aromatic rings. The van der Waals surface area contributed by atoms with Crippen LogP contribution in [0.2, 0.25) is 0 Å². The van der Waals surface area contributed by atoms with Crippen molar-refractivity contribution in [2.45, 2.75) is 70.5 Å². The monoisotopic (exact) mass is 304 g/mol. The molecule has 0 saturated heterocycles. The van der Waals surface area contributed by atoms with Gasteiger partial charge >= 0.3 is 5.97 Å². The van der Waals surface area contributed by atoms with Crippen LogP contribution in [0, 0.1) is 5.92 Å². The van der Waals surface area contributed by atoms with Crippen molar-refractivity contribution in [3.63, 3.8) is 0 Å². The summed E-state index contributed by atoms with van der Waals surface area (Å²) in [5.74, 6) is -0.0344. The molecular weight excluding hydrogens is 276 g/mol. The van der Waals surface area contributed by atoms with Crippen LogP contribution in [0.4, 0.5) is 0 Å². The first-order valence-corrected chi connectivity index (χ1v) is 8.25. The van der Waals surface area contributed by atoms with Gasteiger partial charge < -0.3 is 9.84 Å². The number of carbonyl (C=O) groups excluding carboxylic acids is 1. The molecule has 0 spiro atoms. The Hall–Kier alpha value is -1.35.